The first-order valence-electron chi connectivity index (χ1n) is 9.06. The number of nitrogen functional groups attached to an aromatic ring is 1. The average molecular weight is 421 g/mol. The van der Waals surface area contributed by atoms with Crippen molar-refractivity contribution in [2.75, 3.05) is 10.5 Å². The molecule has 0 aliphatic rings. The molecule has 30 heavy (non-hydrogen) atoms. The highest BCUT2D eigenvalue weighted by Crippen LogP contribution is 2.26. The lowest BCUT2D eigenvalue weighted by Gasteiger charge is -2.10. The van der Waals surface area contributed by atoms with Crippen molar-refractivity contribution in [3.05, 3.63) is 77.7 Å². The van der Waals surface area contributed by atoms with Gasteiger partial charge in [0.25, 0.3) is 10.0 Å². The second-order valence-corrected chi connectivity index (χ2v) is 8.63. The summed E-state index contributed by atoms with van der Waals surface area (Å²) in [5.41, 5.74) is 8.29. The summed E-state index contributed by atoms with van der Waals surface area (Å²) in [7, 11) is -2.02. The standard InChI is InChI=1S/C21H19N5O3S/c1-13-5-3-8-16(9-13)30(28,29)25-15-7-4-6-14(10-15)19(27)17-11-26(2)21-18(17)20(22)23-12-24-21/h3-12,25H,1-2H3,(H2,22,23,24). The molecular weight excluding hydrogens is 402 g/mol. The van der Waals surface area contributed by atoms with Crippen molar-refractivity contribution in [3.63, 3.8) is 0 Å². The van der Waals surface area contributed by atoms with Crippen LogP contribution in [0.2, 0.25) is 0 Å². The number of ketones is 1. The molecule has 0 saturated carbocycles. The molecule has 0 saturated heterocycles. The Balaban J connectivity index is 1.70. The van der Waals surface area contributed by atoms with E-state index in [1.54, 1.807) is 48.1 Å². The summed E-state index contributed by atoms with van der Waals surface area (Å²) in [5, 5.41) is 0.468. The van der Waals surface area contributed by atoms with Crippen molar-refractivity contribution in [1.82, 2.24) is 14.5 Å². The largest absolute Gasteiger partial charge is 0.383 e. The lowest BCUT2D eigenvalue weighted by Crippen LogP contribution is -2.13. The van der Waals surface area contributed by atoms with Gasteiger partial charge >= 0.3 is 0 Å². The van der Waals surface area contributed by atoms with E-state index in [1.165, 1.54) is 18.5 Å². The number of carbonyl (C=O) groups is 1. The Bertz CT molecular complexity index is 1390. The van der Waals surface area contributed by atoms with Crippen molar-refractivity contribution < 1.29 is 13.2 Å². The van der Waals surface area contributed by atoms with Crippen LogP contribution in [0.15, 0.2) is 66.0 Å². The van der Waals surface area contributed by atoms with Crippen LogP contribution in [0.4, 0.5) is 11.5 Å². The zero-order valence-corrected chi connectivity index (χ0v) is 17.1. The van der Waals surface area contributed by atoms with Gasteiger partial charge in [-0.15, -0.1) is 0 Å². The Kier molecular flexibility index (Phi) is 4.75. The monoisotopic (exact) mass is 421 g/mol. The van der Waals surface area contributed by atoms with E-state index in [0.717, 1.165) is 5.56 Å². The molecule has 2 aromatic carbocycles. The fraction of sp³-hybridized carbons (Fsp3) is 0.0952. The van der Waals surface area contributed by atoms with Crippen LogP contribution in [0.3, 0.4) is 0 Å². The molecule has 0 aliphatic carbocycles. The van der Waals surface area contributed by atoms with E-state index in [-0.39, 0.29) is 22.2 Å². The third kappa shape index (κ3) is 3.50. The van der Waals surface area contributed by atoms with Crippen LogP contribution in [-0.4, -0.2) is 28.7 Å². The summed E-state index contributed by atoms with van der Waals surface area (Å²) in [6.07, 6.45) is 2.98. The minimum atomic E-state index is -3.79. The number of carbonyl (C=O) groups excluding carboxylic acids is 1. The second kappa shape index (κ2) is 7.27. The lowest BCUT2D eigenvalue weighted by molar-refractivity contribution is 0.104. The molecule has 152 valence electrons. The first kappa shape index (κ1) is 19.6. The second-order valence-electron chi connectivity index (χ2n) is 6.94. The van der Waals surface area contributed by atoms with Gasteiger partial charge in [0.1, 0.15) is 17.8 Å². The quantitative estimate of drug-likeness (QED) is 0.478. The zero-order chi connectivity index (χ0) is 21.5. The predicted molar refractivity (Wildman–Crippen MR) is 115 cm³/mol. The van der Waals surface area contributed by atoms with Gasteiger partial charge < -0.3 is 10.3 Å². The van der Waals surface area contributed by atoms with Crippen molar-refractivity contribution >= 4 is 38.3 Å². The summed E-state index contributed by atoms with van der Waals surface area (Å²) in [5.74, 6) is -0.0982. The number of nitrogens with two attached hydrogens (primary N) is 1. The maximum absolute atomic E-state index is 13.2. The summed E-state index contributed by atoms with van der Waals surface area (Å²) in [4.78, 5) is 21.5. The van der Waals surface area contributed by atoms with Crippen molar-refractivity contribution in [3.8, 4) is 0 Å². The van der Waals surface area contributed by atoms with Gasteiger partial charge in [0.2, 0.25) is 0 Å². The molecule has 0 bridgehead atoms. The van der Waals surface area contributed by atoms with E-state index >= 15 is 0 Å². The number of rotatable bonds is 5. The van der Waals surface area contributed by atoms with E-state index < -0.39 is 10.0 Å². The van der Waals surface area contributed by atoms with Gasteiger partial charge in [-0.25, -0.2) is 18.4 Å². The summed E-state index contributed by atoms with van der Waals surface area (Å²) in [6.45, 7) is 1.82. The molecule has 4 aromatic rings. The molecule has 0 radical (unpaired) electrons. The van der Waals surface area contributed by atoms with Crippen LogP contribution < -0.4 is 10.5 Å². The number of aryl methyl sites for hydroxylation is 2. The SMILES string of the molecule is Cc1cccc(S(=O)(=O)Nc2cccc(C(=O)c3cn(C)c4ncnc(N)c34)c2)c1. The number of benzene rings is 2. The maximum atomic E-state index is 13.2. The minimum absolute atomic E-state index is 0.151. The Morgan fingerprint density at radius 1 is 1.10 bits per heavy atom. The lowest BCUT2D eigenvalue weighted by atomic mass is 10.0. The van der Waals surface area contributed by atoms with Gasteiger partial charge in [-0.1, -0.05) is 24.3 Å². The Labute approximate surface area is 173 Å². The fourth-order valence-corrected chi connectivity index (χ4v) is 4.44. The first-order chi connectivity index (χ1) is 14.3. The van der Waals surface area contributed by atoms with Gasteiger partial charge in [0.15, 0.2) is 5.78 Å². The number of nitrogens with one attached hydrogen (secondary N) is 1. The van der Waals surface area contributed by atoms with Crippen LogP contribution in [0, 0.1) is 6.92 Å². The van der Waals surface area contributed by atoms with E-state index in [9.17, 15) is 13.2 Å². The third-order valence-corrected chi connectivity index (χ3v) is 6.08. The normalized spacial score (nSPS) is 11.5. The number of hydrogen-bond acceptors (Lipinski definition) is 6. The van der Waals surface area contributed by atoms with Gasteiger partial charge in [0.05, 0.1) is 15.8 Å². The number of sulfonamides is 1. The maximum Gasteiger partial charge on any atom is 0.261 e. The molecule has 0 unspecified atom stereocenters. The van der Waals surface area contributed by atoms with Gasteiger partial charge in [-0.05, 0) is 36.8 Å². The molecule has 0 fully saturated rings. The van der Waals surface area contributed by atoms with Crippen LogP contribution in [0.25, 0.3) is 11.0 Å². The molecule has 2 aromatic heterocycles. The number of anilines is 2. The molecule has 3 N–H and O–H groups in total. The molecule has 0 aliphatic heterocycles. The Hall–Kier alpha value is -3.72. The van der Waals surface area contributed by atoms with E-state index in [1.807, 2.05) is 13.0 Å². The highest BCUT2D eigenvalue weighted by molar-refractivity contribution is 7.92. The van der Waals surface area contributed by atoms with Gasteiger partial charge in [0, 0.05) is 24.5 Å². The highest BCUT2D eigenvalue weighted by Gasteiger charge is 2.20. The first-order valence-corrected chi connectivity index (χ1v) is 10.5. The Morgan fingerprint density at radius 2 is 1.87 bits per heavy atom. The molecule has 8 nitrogen and oxygen atoms in total. The van der Waals surface area contributed by atoms with E-state index in [2.05, 4.69) is 14.7 Å². The van der Waals surface area contributed by atoms with E-state index in [4.69, 9.17) is 5.73 Å². The molecule has 4 rings (SSSR count). The third-order valence-electron chi connectivity index (χ3n) is 4.70. The van der Waals surface area contributed by atoms with Crippen molar-refractivity contribution in [2.24, 2.45) is 7.05 Å². The molecule has 0 spiro atoms. The summed E-state index contributed by atoms with van der Waals surface area (Å²) < 4.78 is 29.6. The van der Waals surface area contributed by atoms with Crippen LogP contribution >= 0.6 is 0 Å². The topological polar surface area (TPSA) is 120 Å². The fourth-order valence-electron chi connectivity index (χ4n) is 3.28. The average Bonchev–Trinajstić information content (AvgIpc) is 3.05. The summed E-state index contributed by atoms with van der Waals surface area (Å²) in [6, 6.07) is 12.9. The van der Waals surface area contributed by atoms with Crippen LogP contribution in [0.5, 0.6) is 0 Å². The summed E-state index contributed by atoms with van der Waals surface area (Å²) >= 11 is 0. The Morgan fingerprint density at radius 3 is 2.63 bits per heavy atom. The smallest absolute Gasteiger partial charge is 0.261 e. The van der Waals surface area contributed by atoms with Crippen LogP contribution in [-0.2, 0) is 17.1 Å². The predicted octanol–water partition coefficient (Wildman–Crippen LogP) is 2.89. The molecule has 0 amide bonds. The number of aromatic nitrogens is 3. The number of hydrogen-bond donors (Lipinski definition) is 2. The molecule has 9 heteroatoms. The minimum Gasteiger partial charge on any atom is -0.383 e. The number of nitrogens with zero attached hydrogens (tertiary/aromatic N) is 3. The molecule has 0 atom stereocenters. The van der Waals surface area contributed by atoms with Crippen LogP contribution in [0.1, 0.15) is 21.5 Å². The highest BCUT2D eigenvalue weighted by atomic mass is 32.2. The number of fused-ring (bicyclic) bond motifs is 1. The van der Waals surface area contributed by atoms with Crippen molar-refractivity contribution in [2.45, 2.75) is 11.8 Å². The van der Waals surface area contributed by atoms with Gasteiger partial charge in [-0.2, -0.15) is 0 Å². The molecular formula is C21H19N5O3S. The molecule has 2 heterocycles. The van der Waals surface area contributed by atoms with Crippen molar-refractivity contribution in [1.29, 1.82) is 0 Å². The van der Waals surface area contributed by atoms with Gasteiger partial charge in [-0.3, -0.25) is 9.52 Å². The van der Waals surface area contributed by atoms with E-state index in [0.29, 0.717) is 22.2 Å². The zero-order valence-electron chi connectivity index (χ0n) is 16.3.